The van der Waals surface area contributed by atoms with Crippen LogP contribution in [0.15, 0.2) is 29.2 Å². The van der Waals surface area contributed by atoms with Crippen molar-refractivity contribution in [3.05, 3.63) is 41.2 Å². The summed E-state index contributed by atoms with van der Waals surface area (Å²) in [6.45, 7) is 7.18. The Balaban J connectivity index is 2.84. The molecule has 11 heavy (non-hydrogen) atoms. The first-order valence-corrected chi connectivity index (χ1v) is 4.55. The molecule has 0 aliphatic heterocycles. The molecule has 0 spiro atoms. The van der Waals surface area contributed by atoms with Gasteiger partial charge < -0.3 is 4.85 Å². The summed E-state index contributed by atoms with van der Waals surface area (Å²) in [6.07, 6.45) is 2.04. The van der Waals surface area contributed by atoms with Crippen LogP contribution < -0.4 is 0 Å². The van der Waals surface area contributed by atoms with Gasteiger partial charge >= 0.3 is 0 Å². The third kappa shape index (κ3) is 2.28. The molecular formula is C9H9NS. The molecule has 0 heterocycles. The number of hydrogen-bond acceptors (Lipinski definition) is 1. The Morgan fingerprint density at radius 1 is 1.55 bits per heavy atom. The van der Waals surface area contributed by atoms with E-state index in [0.29, 0.717) is 6.54 Å². The van der Waals surface area contributed by atoms with Gasteiger partial charge in [0, 0.05) is 10.5 Å². The zero-order valence-electron chi connectivity index (χ0n) is 6.37. The van der Waals surface area contributed by atoms with Crippen molar-refractivity contribution in [3.63, 3.8) is 0 Å². The molecule has 0 bridgehead atoms. The smallest absolute Gasteiger partial charge is 0.239 e. The average Bonchev–Trinajstić information content (AvgIpc) is 2.06. The van der Waals surface area contributed by atoms with E-state index < -0.39 is 0 Å². The van der Waals surface area contributed by atoms with E-state index in [1.54, 1.807) is 11.8 Å². The van der Waals surface area contributed by atoms with Gasteiger partial charge in [0.05, 0.1) is 0 Å². The summed E-state index contributed by atoms with van der Waals surface area (Å²) in [5.74, 6) is 0. The zero-order chi connectivity index (χ0) is 8.10. The van der Waals surface area contributed by atoms with Gasteiger partial charge in [-0.15, -0.1) is 11.8 Å². The summed E-state index contributed by atoms with van der Waals surface area (Å²) in [4.78, 5) is 4.55. The summed E-state index contributed by atoms with van der Waals surface area (Å²) in [7, 11) is 0. The molecule has 0 atom stereocenters. The van der Waals surface area contributed by atoms with Crippen LogP contribution in [0.4, 0.5) is 0 Å². The van der Waals surface area contributed by atoms with Crippen LogP contribution in [0.25, 0.3) is 4.85 Å². The normalized spacial score (nSPS) is 9.09. The lowest BCUT2D eigenvalue weighted by Crippen LogP contribution is -1.78. The molecule has 0 saturated heterocycles. The highest BCUT2D eigenvalue weighted by Gasteiger charge is 1.95. The van der Waals surface area contributed by atoms with E-state index in [4.69, 9.17) is 6.57 Å². The Morgan fingerprint density at radius 2 is 2.36 bits per heavy atom. The van der Waals surface area contributed by atoms with E-state index in [2.05, 4.69) is 17.0 Å². The molecule has 2 heteroatoms. The van der Waals surface area contributed by atoms with Crippen molar-refractivity contribution in [2.24, 2.45) is 0 Å². The first-order valence-electron chi connectivity index (χ1n) is 3.33. The molecule has 1 rings (SSSR count). The molecule has 0 fully saturated rings. The van der Waals surface area contributed by atoms with Gasteiger partial charge in [0.15, 0.2) is 0 Å². The second kappa shape index (κ2) is 4.05. The van der Waals surface area contributed by atoms with E-state index in [9.17, 15) is 0 Å². The van der Waals surface area contributed by atoms with Gasteiger partial charge in [-0.1, -0.05) is 12.1 Å². The average molecular weight is 163 g/mol. The van der Waals surface area contributed by atoms with Crippen molar-refractivity contribution in [2.45, 2.75) is 11.4 Å². The quantitative estimate of drug-likeness (QED) is 0.479. The molecule has 1 nitrogen and oxygen atoms in total. The molecule has 56 valence electrons. The Labute approximate surface area is 71.3 Å². The number of hydrogen-bond donors (Lipinski definition) is 0. The number of thioether (sulfide) groups is 1. The van der Waals surface area contributed by atoms with Crippen molar-refractivity contribution in [3.8, 4) is 0 Å². The third-order valence-corrected chi connectivity index (χ3v) is 2.12. The van der Waals surface area contributed by atoms with Gasteiger partial charge in [-0.2, -0.15) is 0 Å². The van der Waals surface area contributed by atoms with Gasteiger partial charge in [-0.05, 0) is 18.4 Å². The summed E-state index contributed by atoms with van der Waals surface area (Å²) in [5.41, 5.74) is 1.10. The summed E-state index contributed by atoms with van der Waals surface area (Å²) in [5, 5.41) is 0. The van der Waals surface area contributed by atoms with Crippen LogP contribution in [-0.2, 0) is 6.54 Å². The van der Waals surface area contributed by atoms with Crippen LogP contribution in [0, 0.1) is 6.57 Å². The van der Waals surface area contributed by atoms with Crippen molar-refractivity contribution in [1.29, 1.82) is 0 Å². The van der Waals surface area contributed by atoms with Crippen LogP contribution in [-0.4, -0.2) is 6.26 Å². The summed E-state index contributed by atoms with van der Waals surface area (Å²) in [6, 6.07) is 8.09. The lowest BCUT2D eigenvalue weighted by molar-refractivity contribution is 1.23. The second-order valence-corrected chi connectivity index (χ2v) is 3.05. The van der Waals surface area contributed by atoms with Gasteiger partial charge in [0.1, 0.15) is 0 Å². The lowest BCUT2D eigenvalue weighted by Gasteiger charge is -1.95. The van der Waals surface area contributed by atoms with Crippen LogP contribution in [0.2, 0.25) is 0 Å². The maximum absolute atomic E-state index is 6.69. The standard InChI is InChI=1S/C9H9NS/c1-10-7-8-4-3-5-9(6-8)11-2/h3-6H,7H2,2H3. The maximum atomic E-state index is 6.69. The highest BCUT2D eigenvalue weighted by atomic mass is 32.2. The Bertz CT molecular complexity index is 275. The van der Waals surface area contributed by atoms with Gasteiger partial charge in [0.25, 0.3) is 0 Å². The molecule has 0 aliphatic rings. The van der Waals surface area contributed by atoms with Gasteiger partial charge in [-0.3, -0.25) is 0 Å². The molecule has 1 aromatic rings. The van der Waals surface area contributed by atoms with Gasteiger partial charge in [-0.25, -0.2) is 6.57 Å². The molecule has 1 aromatic carbocycles. The van der Waals surface area contributed by atoms with Crippen LogP contribution >= 0.6 is 11.8 Å². The first-order chi connectivity index (χ1) is 5.36. The minimum absolute atomic E-state index is 0.494. The minimum atomic E-state index is 0.494. The zero-order valence-corrected chi connectivity index (χ0v) is 7.19. The Hall–Kier alpha value is -0.940. The Morgan fingerprint density at radius 3 is 3.00 bits per heavy atom. The molecule has 0 aromatic heterocycles. The SMILES string of the molecule is [C-]#[N+]Cc1cccc(SC)c1. The summed E-state index contributed by atoms with van der Waals surface area (Å²) >= 11 is 1.71. The third-order valence-electron chi connectivity index (χ3n) is 1.40. The molecule has 0 aliphatic carbocycles. The molecule has 0 radical (unpaired) electrons. The number of benzene rings is 1. The second-order valence-electron chi connectivity index (χ2n) is 2.17. The van der Waals surface area contributed by atoms with Crippen LogP contribution in [0.5, 0.6) is 0 Å². The van der Waals surface area contributed by atoms with Gasteiger partial charge in [0.2, 0.25) is 6.54 Å². The fraction of sp³-hybridized carbons (Fsp3) is 0.222. The molecule has 0 unspecified atom stereocenters. The molecule has 0 amide bonds. The van der Waals surface area contributed by atoms with Crippen molar-refractivity contribution < 1.29 is 0 Å². The largest absolute Gasteiger partial charge is 0.312 e. The van der Waals surface area contributed by atoms with Crippen molar-refractivity contribution >= 4 is 11.8 Å². The number of nitrogens with zero attached hydrogens (tertiary/aromatic N) is 1. The number of rotatable bonds is 2. The van der Waals surface area contributed by atoms with E-state index in [-0.39, 0.29) is 0 Å². The Kier molecular flexibility index (Phi) is 3.00. The van der Waals surface area contributed by atoms with E-state index in [1.807, 2.05) is 18.4 Å². The highest BCUT2D eigenvalue weighted by molar-refractivity contribution is 7.98. The van der Waals surface area contributed by atoms with E-state index >= 15 is 0 Å². The fourth-order valence-corrected chi connectivity index (χ4v) is 1.35. The predicted molar refractivity (Wildman–Crippen MR) is 48.5 cm³/mol. The van der Waals surface area contributed by atoms with E-state index in [0.717, 1.165) is 5.56 Å². The summed E-state index contributed by atoms with van der Waals surface area (Å²) < 4.78 is 0. The topological polar surface area (TPSA) is 4.36 Å². The monoisotopic (exact) mass is 163 g/mol. The highest BCUT2D eigenvalue weighted by Crippen LogP contribution is 2.15. The molecular weight excluding hydrogens is 154 g/mol. The van der Waals surface area contributed by atoms with Crippen LogP contribution in [0.1, 0.15) is 5.56 Å². The van der Waals surface area contributed by atoms with Crippen molar-refractivity contribution in [2.75, 3.05) is 6.26 Å². The van der Waals surface area contributed by atoms with Crippen LogP contribution in [0.3, 0.4) is 0 Å². The predicted octanol–water partition coefficient (Wildman–Crippen LogP) is 2.83. The van der Waals surface area contributed by atoms with Crippen molar-refractivity contribution in [1.82, 2.24) is 0 Å². The molecule has 0 saturated carbocycles. The first kappa shape index (κ1) is 8.16. The van der Waals surface area contributed by atoms with E-state index in [1.165, 1.54) is 4.90 Å². The lowest BCUT2D eigenvalue weighted by atomic mass is 10.2. The maximum Gasteiger partial charge on any atom is 0.239 e. The fourth-order valence-electron chi connectivity index (χ4n) is 0.862. The minimum Gasteiger partial charge on any atom is -0.312 e. The molecule has 0 N–H and O–H groups in total.